The summed E-state index contributed by atoms with van der Waals surface area (Å²) in [4.78, 5) is 16.3. The van der Waals surface area contributed by atoms with Crippen molar-refractivity contribution in [2.24, 2.45) is 0 Å². The molecule has 3 rings (SSSR count). The first kappa shape index (κ1) is 20.1. The molecule has 2 aliphatic rings. The molecular formula is C20H30N2O4S. The van der Waals surface area contributed by atoms with E-state index in [0.717, 1.165) is 44.1 Å². The Morgan fingerprint density at radius 2 is 1.78 bits per heavy atom. The summed E-state index contributed by atoms with van der Waals surface area (Å²) >= 11 is 0. The second kappa shape index (κ2) is 9.53. The minimum atomic E-state index is -3.15. The summed E-state index contributed by atoms with van der Waals surface area (Å²) in [6, 6.07) is 3.72. The molecule has 0 spiro atoms. The van der Waals surface area contributed by atoms with Crippen molar-refractivity contribution in [1.29, 1.82) is 0 Å². The number of carbonyl (C=O) groups excluding carboxylic acids is 1. The monoisotopic (exact) mass is 394 g/mol. The number of ether oxygens (including phenoxy) is 1. The third-order valence-electron chi connectivity index (χ3n) is 5.55. The highest BCUT2D eigenvalue weighted by molar-refractivity contribution is 7.92. The van der Waals surface area contributed by atoms with Gasteiger partial charge in [0.25, 0.3) is 0 Å². The number of nitrogens with one attached hydrogen (secondary N) is 1. The van der Waals surface area contributed by atoms with Crippen LogP contribution in [0.2, 0.25) is 0 Å². The maximum Gasteiger partial charge on any atom is 0.221 e. The molecule has 0 radical (unpaired) electrons. The smallest absolute Gasteiger partial charge is 0.221 e. The third-order valence-corrected chi connectivity index (χ3v) is 7.81. The highest BCUT2D eigenvalue weighted by Crippen LogP contribution is 2.25. The summed E-state index contributed by atoms with van der Waals surface area (Å²) in [5.74, 6) is 0.328. The SMILES string of the molecule is O=C(CCS(=O)(=O)C1CCCC1)NCc1ccc(OC2CCCCC2)nc1. The van der Waals surface area contributed by atoms with Gasteiger partial charge in [-0.2, -0.15) is 0 Å². The van der Waals surface area contributed by atoms with Crippen molar-refractivity contribution in [2.75, 3.05) is 5.75 Å². The van der Waals surface area contributed by atoms with Gasteiger partial charge in [0.2, 0.25) is 11.8 Å². The fraction of sp³-hybridized carbons (Fsp3) is 0.700. The zero-order valence-corrected chi connectivity index (χ0v) is 16.7. The van der Waals surface area contributed by atoms with Gasteiger partial charge in [-0.25, -0.2) is 13.4 Å². The molecule has 0 atom stereocenters. The number of pyridine rings is 1. The lowest BCUT2D eigenvalue weighted by atomic mass is 9.98. The lowest BCUT2D eigenvalue weighted by Gasteiger charge is -2.22. The molecule has 0 unspecified atom stereocenters. The molecule has 7 heteroatoms. The fourth-order valence-corrected chi connectivity index (χ4v) is 5.73. The standard InChI is InChI=1S/C20H30N2O4S/c23-19(12-13-27(24,25)18-8-4-5-9-18)21-14-16-10-11-20(22-15-16)26-17-6-2-1-3-7-17/h10-11,15,17-18H,1-9,12-14H2,(H,21,23). The molecule has 2 fully saturated rings. The van der Waals surface area contributed by atoms with Crippen LogP contribution in [-0.2, 0) is 21.2 Å². The van der Waals surface area contributed by atoms with E-state index in [1.165, 1.54) is 19.3 Å². The van der Waals surface area contributed by atoms with E-state index in [-0.39, 0.29) is 29.4 Å². The topological polar surface area (TPSA) is 85.4 Å². The normalized spacial score (nSPS) is 19.1. The highest BCUT2D eigenvalue weighted by atomic mass is 32.2. The van der Waals surface area contributed by atoms with E-state index in [9.17, 15) is 13.2 Å². The summed E-state index contributed by atoms with van der Waals surface area (Å²) in [7, 11) is -3.15. The molecule has 1 aromatic rings. The molecule has 2 saturated carbocycles. The highest BCUT2D eigenvalue weighted by Gasteiger charge is 2.28. The Morgan fingerprint density at radius 1 is 1.07 bits per heavy atom. The molecule has 0 aliphatic heterocycles. The second-order valence-corrected chi connectivity index (χ2v) is 10.1. The predicted molar refractivity (Wildman–Crippen MR) is 104 cm³/mol. The molecular weight excluding hydrogens is 364 g/mol. The molecule has 0 saturated heterocycles. The average molecular weight is 395 g/mol. The van der Waals surface area contributed by atoms with Crippen molar-refractivity contribution >= 4 is 15.7 Å². The first-order valence-corrected chi connectivity index (χ1v) is 11.8. The van der Waals surface area contributed by atoms with Gasteiger partial charge in [-0.3, -0.25) is 4.79 Å². The first-order chi connectivity index (χ1) is 13.0. The molecule has 2 aliphatic carbocycles. The number of sulfone groups is 1. The van der Waals surface area contributed by atoms with Crippen LogP contribution >= 0.6 is 0 Å². The Morgan fingerprint density at radius 3 is 2.44 bits per heavy atom. The molecule has 1 amide bonds. The van der Waals surface area contributed by atoms with Crippen LogP contribution in [-0.4, -0.2) is 36.4 Å². The summed E-state index contributed by atoms with van der Waals surface area (Å²) < 4.78 is 30.3. The summed E-state index contributed by atoms with van der Waals surface area (Å²) in [5.41, 5.74) is 0.873. The largest absolute Gasteiger partial charge is 0.474 e. The van der Waals surface area contributed by atoms with Gasteiger partial charge in [-0.15, -0.1) is 0 Å². The minimum absolute atomic E-state index is 0.0230. The average Bonchev–Trinajstić information content (AvgIpc) is 3.23. The van der Waals surface area contributed by atoms with E-state index < -0.39 is 9.84 Å². The van der Waals surface area contributed by atoms with E-state index in [1.807, 2.05) is 12.1 Å². The number of nitrogens with zero attached hydrogens (tertiary/aromatic N) is 1. The van der Waals surface area contributed by atoms with Crippen molar-refractivity contribution in [3.63, 3.8) is 0 Å². The number of hydrogen-bond acceptors (Lipinski definition) is 5. The lowest BCUT2D eigenvalue weighted by molar-refractivity contribution is -0.120. The van der Waals surface area contributed by atoms with Gasteiger partial charge in [0.05, 0.1) is 11.0 Å². The number of carbonyl (C=O) groups is 1. The number of amides is 1. The Bertz CT molecular complexity index is 706. The first-order valence-electron chi connectivity index (χ1n) is 10.1. The lowest BCUT2D eigenvalue weighted by Crippen LogP contribution is -2.28. The van der Waals surface area contributed by atoms with Crippen molar-refractivity contribution in [2.45, 2.75) is 82.1 Å². The number of hydrogen-bond donors (Lipinski definition) is 1. The van der Waals surface area contributed by atoms with Gasteiger partial charge in [-0.1, -0.05) is 25.3 Å². The number of rotatable bonds is 8. The fourth-order valence-electron chi connectivity index (χ4n) is 3.88. The zero-order valence-electron chi connectivity index (χ0n) is 15.9. The van der Waals surface area contributed by atoms with Crippen molar-refractivity contribution in [1.82, 2.24) is 10.3 Å². The quantitative estimate of drug-likeness (QED) is 0.732. The maximum absolute atomic E-state index is 12.2. The Labute approximate surface area is 162 Å². The molecule has 150 valence electrons. The molecule has 0 bridgehead atoms. The second-order valence-electron chi connectivity index (χ2n) is 7.68. The van der Waals surface area contributed by atoms with E-state index in [1.54, 1.807) is 6.20 Å². The molecule has 1 N–H and O–H groups in total. The maximum atomic E-state index is 12.2. The van der Waals surface area contributed by atoms with Gasteiger partial charge in [0, 0.05) is 25.2 Å². The minimum Gasteiger partial charge on any atom is -0.474 e. The van der Waals surface area contributed by atoms with Crippen molar-refractivity contribution in [3.05, 3.63) is 23.9 Å². The van der Waals surface area contributed by atoms with Crippen molar-refractivity contribution < 1.29 is 17.9 Å². The van der Waals surface area contributed by atoms with Gasteiger partial charge >= 0.3 is 0 Å². The van der Waals surface area contributed by atoms with E-state index in [4.69, 9.17) is 4.74 Å². The van der Waals surface area contributed by atoms with Crippen LogP contribution in [0.4, 0.5) is 0 Å². The van der Waals surface area contributed by atoms with Gasteiger partial charge in [0.15, 0.2) is 9.84 Å². The van der Waals surface area contributed by atoms with Crippen LogP contribution < -0.4 is 10.1 Å². The zero-order chi connectivity index (χ0) is 19.1. The Kier molecular flexibility index (Phi) is 7.10. The van der Waals surface area contributed by atoms with Crippen LogP contribution in [0.25, 0.3) is 0 Å². The van der Waals surface area contributed by atoms with E-state index >= 15 is 0 Å². The van der Waals surface area contributed by atoms with Crippen LogP contribution in [0.1, 0.15) is 69.8 Å². The van der Waals surface area contributed by atoms with Crippen LogP contribution in [0, 0.1) is 0 Å². The van der Waals surface area contributed by atoms with Gasteiger partial charge in [-0.05, 0) is 44.1 Å². The predicted octanol–water partition coefficient (Wildman–Crippen LogP) is 3.16. The van der Waals surface area contributed by atoms with Crippen molar-refractivity contribution in [3.8, 4) is 5.88 Å². The van der Waals surface area contributed by atoms with Crippen LogP contribution in [0.3, 0.4) is 0 Å². The summed E-state index contributed by atoms with van der Waals surface area (Å²) in [6.07, 6.45) is 11.3. The van der Waals surface area contributed by atoms with Gasteiger partial charge in [0.1, 0.15) is 6.10 Å². The Hall–Kier alpha value is -1.63. The Balaban J connectivity index is 1.39. The number of aromatic nitrogens is 1. The molecule has 1 aromatic heterocycles. The third kappa shape index (κ3) is 6.19. The van der Waals surface area contributed by atoms with Crippen LogP contribution in [0.5, 0.6) is 5.88 Å². The summed E-state index contributed by atoms with van der Waals surface area (Å²) in [5, 5.41) is 2.53. The molecule has 1 heterocycles. The van der Waals surface area contributed by atoms with E-state index in [0.29, 0.717) is 12.4 Å². The summed E-state index contributed by atoms with van der Waals surface area (Å²) in [6.45, 7) is 0.346. The molecule has 6 nitrogen and oxygen atoms in total. The van der Waals surface area contributed by atoms with Crippen LogP contribution in [0.15, 0.2) is 18.3 Å². The van der Waals surface area contributed by atoms with E-state index in [2.05, 4.69) is 10.3 Å². The molecule has 27 heavy (non-hydrogen) atoms. The van der Waals surface area contributed by atoms with Gasteiger partial charge < -0.3 is 10.1 Å². The molecule has 0 aromatic carbocycles.